The van der Waals surface area contributed by atoms with Crippen LogP contribution in [0.4, 0.5) is 11.4 Å². The molecule has 1 aliphatic rings. The van der Waals surface area contributed by atoms with Gasteiger partial charge in [-0.2, -0.15) is 10.2 Å². The molecule has 0 spiro atoms. The van der Waals surface area contributed by atoms with Gasteiger partial charge in [-0.3, -0.25) is 19.9 Å². The lowest BCUT2D eigenvalue weighted by atomic mass is 9.85. The molecule has 0 radical (unpaired) electrons. The van der Waals surface area contributed by atoms with Gasteiger partial charge >= 0.3 is 0 Å². The summed E-state index contributed by atoms with van der Waals surface area (Å²) in [6.45, 7) is 3.96. The number of hydrogen-bond acceptors (Lipinski definition) is 6. The summed E-state index contributed by atoms with van der Waals surface area (Å²) >= 11 is 0. The van der Waals surface area contributed by atoms with Crippen LogP contribution in [0.15, 0.2) is 63.8 Å². The molecule has 2 aromatic carbocycles. The van der Waals surface area contributed by atoms with Gasteiger partial charge in [-0.15, -0.1) is 0 Å². The minimum Gasteiger partial charge on any atom is -0.367 e. The molecular formula is C19H19N5O3. The number of rotatable bonds is 5. The monoisotopic (exact) mass is 365 g/mol. The van der Waals surface area contributed by atoms with E-state index in [9.17, 15) is 14.9 Å². The number of benzene rings is 2. The average molecular weight is 365 g/mol. The van der Waals surface area contributed by atoms with E-state index in [1.165, 1.54) is 24.3 Å². The molecule has 0 saturated heterocycles. The molecule has 0 fully saturated rings. The number of carbonyl (C=O) groups is 1. The SMILES string of the molecule is CC1(C)Cc2ccccc2C(C(N=Nc2ccc([N+](=O)[O-])cc2)C(N)=O)=N1. The van der Waals surface area contributed by atoms with Gasteiger partial charge in [0.25, 0.3) is 5.69 Å². The Morgan fingerprint density at radius 1 is 1.22 bits per heavy atom. The molecule has 138 valence electrons. The normalized spacial score (nSPS) is 16.4. The number of non-ortho nitro benzene ring substituents is 1. The van der Waals surface area contributed by atoms with E-state index < -0.39 is 16.9 Å². The quantitative estimate of drug-likeness (QED) is 0.496. The molecule has 8 nitrogen and oxygen atoms in total. The van der Waals surface area contributed by atoms with E-state index in [2.05, 4.69) is 10.2 Å². The van der Waals surface area contributed by atoms with Crippen LogP contribution >= 0.6 is 0 Å². The van der Waals surface area contributed by atoms with Crippen molar-refractivity contribution in [2.24, 2.45) is 21.0 Å². The minimum atomic E-state index is -1.04. The molecule has 1 unspecified atom stereocenters. The van der Waals surface area contributed by atoms with Gasteiger partial charge in [0.15, 0.2) is 6.04 Å². The predicted molar refractivity (Wildman–Crippen MR) is 101 cm³/mol. The van der Waals surface area contributed by atoms with Crippen LogP contribution in [-0.4, -0.2) is 28.1 Å². The predicted octanol–water partition coefficient (Wildman–Crippen LogP) is 3.36. The van der Waals surface area contributed by atoms with E-state index >= 15 is 0 Å². The van der Waals surface area contributed by atoms with Gasteiger partial charge in [0.05, 0.1) is 21.9 Å². The first-order valence-electron chi connectivity index (χ1n) is 8.39. The summed E-state index contributed by atoms with van der Waals surface area (Å²) in [5.74, 6) is -0.660. The summed E-state index contributed by atoms with van der Waals surface area (Å²) in [6, 6.07) is 12.2. The number of carbonyl (C=O) groups excluding carboxylic acids is 1. The molecule has 27 heavy (non-hydrogen) atoms. The maximum absolute atomic E-state index is 12.1. The lowest BCUT2D eigenvalue weighted by Crippen LogP contribution is -2.40. The summed E-state index contributed by atoms with van der Waals surface area (Å²) in [5.41, 5.74) is 7.92. The number of azo groups is 1. The van der Waals surface area contributed by atoms with Crippen LogP contribution in [0.3, 0.4) is 0 Å². The van der Waals surface area contributed by atoms with Crippen LogP contribution in [0.2, 0.25) is 0 Å². The van der Waals surface area contributed by atoms with E-state index in [0.29, 0.717) is 11.4 Å². The smallest absolute Gasteiger partial charge is 0.269 e. The molecule has 3 rings (SSSR count). The molecule has 0 bridgehead atoms. The molecule has 0 saturated carbocycles. The van der Waals surface area contributed by atoms with Gasteiger partial charge in [-0.25, -0.2) is 0 Å². The molecule has 8 heteroatoms. The standard InChI is InChI=1S/C19H19N5O3/c1-19(2)11-12-5-3-4-6-15(12)16(21-19)17(18(20)25)23-22-13-7-9-14(10-8-13)24(26)27/h3-10,17H,11H2,1-2H3,(H2,20,25). The number of nitrogens with zero attached hydrogens (tertiary/aromatic N) is 4. The first-order chi connectivity index (χ1) is 12.8. The largest absolute Gasteiger partial charge is 0.367 e. The first kappa shape index (κ1) is 18.4. The zero-order valence-corrected chi connectivity index (χ0v) is 15.0. The Balaban J connectivity index is 1.97. The van der Waals surface area contributed by atoms with E-state index in [1.807, 2.05) is 38.1 Å². The van der Waals surface area contributed by atoms with Crippen molar-refractivity contribution in [1.82, 2.24) is 0 Å². The van der Waals surface area contributed by atoms with Crippen LogP contribution in [0.5, 0.6) is 0 Å². The van der Waals surface area contributed by atoms with Crippen molar-refractivity contribution in [1.29, 1.82) is 0 Å². The Morgan fingerprint density at radius 3 is 2.52 bits per heavy atom. The van der Waals surface area contributed by atoms with E-state index in [4.69, 9.17) is 10.7 Å². The highest BCUT2D eigenvalue weighted by molar-refractivity contribution is 6.17. The summed E-state index contributed by atoms with van der Waals surface area (Å²) in [5, 5.41) is 18.9. The Bertz CT molecular complexity index is 948. The van der Waals surface area contributed by atoms with Gasteiger partial charge < -0.3 is 5.73 Å². The fourth-order valence-corrected chi connectivity index (χ4v) is 3.04. The molecule has 0 aromatic heterocycles. The highest BCUT2D eigenvalue weighted by Crippen LogP contribution is 2.29. The number of nitro benzene ring substituents is 1. The summed E-state index contributed by atoms with van der Waals surface area (Å²) in [4.78, 5) is 27.0. The van der Waals surface area contributed by atoms with Gasteiger partial charge in [0, 0.05) is 17.7 Å². The summed E-state index contributed by atoms with van der Waals surface area (Å²) in [7, 11) is 0. The van der Waals surface area contributed by atoms with Crippen LogP contribution in [0, 0.1) is 10.1 Å². The Hall–Kier alpha value is -3.42. The van der Waals surface area contributed by atoms with Crippen molar-refractivity contribution in [2.75, 3.05) is 0 Å². The molecule has 1 atom stereocenters. The number of aliphatic imine (C=N–C) groups is 1. The summed E-state index contributed by atoms with van der Waals surface area (Å²) in [6.07, 6.45) is 0.748. The fourth-order valence-electron chi connectivity index (χ4n) is 3.04. The molecule has 0 aliphatic carbocycles. The first-order valence-corrected chi connectivity index (χ1v) is 8.39. The highest BCUT2D eigenvalue weighted by atomic mass is 16.6. The van der Waals surface area contributed by atoms with Crippen molar-refractivity contribution in [3.8, 4) is 0 Å². The second-order valence-electron chi connectivity index (χ2n) is 6.94. The Morgan fingerprint density at radius 2 is 1.89 bits per heavy atom. The van der Waals surface area contributed by atoms with Crippen molar-refractivity contribution < 1.29 is 9.72 Å². The fraction of sp³-hybridized carbons (Fsp3) is 0.263. The molecule has 2 N–H and O–H groups in total. The zero-order valence-electron chi connectivity index (χ0n) is 15.0. The van der Waals surface area contributed by atoms with Crippen LogP contribution in [0.25, 0.3) is 0 Å². The number of amides is 1. The third-order valence-electron chi connectivity index (χ3n) is 4.22. The third-order valence-corrected chi connectivity index (χ3v) is 4.22. The lowest BCUT2D eigenvalue weighted by Gasteiger charge is -2.30. The van der Waals surface area contributed by atoms with Crippen molar-refractivity contribution in [3.63, 3.8) is 0 Å². The number of nitrogens with two attached hydrogens (primary N) is 1. The average Bonchev–Trinajstić information content (AvgIpc) is 2.61. The van der Waals surface area contributed by atoms with E-state index in [1.54, 1.807) is 0 Å². The third kappa shape index (κ3) is 4.05. The minimum absolute atomic E-state index is 0.0484. The van der Waals surface area contributed by atoms with Gasteiger partial charge in [0.2, 0.25) is 5.91 Å². The van der Waals surface area contributed by atoms with Gasteiger partial charge in [-0.1, -0.05) is 24.3 Å². The maximum Gasteiger partial charge on any atom is 0.269 e. The number of hydrogen-bond donors (Lipinski definition) is 1. The van der Waals surface area contributed by atoms with Gasteiger partial charge in [0.1, 0.15) is 0 Å². The van der Waals surface area contributed by atoms with Crippen LogP contribution < -0.4 is 5.73 Å². The molecular weight excluding hydrogens is 346 g/mol. The topological polar surface area (TPSA) is 123 Å². The number of primary amides is 1. The van der Waals surface area contributed by atoms with Gasteiger partial charge in [-0.05, 0) is 38.0 Å². The lowest BCUT2D eigenvalue weighted by molar-refractivity contribution is -0.384. The molecule has 1 amide bonds. The van der Waals surface area contributed by atoms with E-state index in [0.717, 1.165) is 17.5 Å². The Kier molecular flexibility index (Phi) is 4.81. The molecule has 1 aliphatic heterocycles. The summed E-state index contributed by atoms with van der Waals surface area (Å²) < 4.78 is 0. The maximum atomic E-state index is 12.1. The Labute approximate surface area is 156 Å². The van der Waals surface area contributed by atoms with Crippen LogP contribution in [-0.2, 0) is 11.2 Å². The second kappa shape index (κ2) is 7.06. The molecule has 1 heterocycles. The van der Waals surface area contributed by atoms with Crippen molar-refractivity contribution >= 4 is 23.0 Å². The highest BCUT2D eigenvalue weighted by Gasteiger charge is 2.33. The van der Waals surface area contributed by atoms with Crippen molar-refractivity contribution in [2.45, 2.75) is 31.8 Å². The zero-order chi connectivity index (χ0) is 19.6. The molecule has 2 aromatic rings. The second-order valence-corrected chi connectivity index (χ2v) is 6.94. The van der Waals surface area contributed by atoms with Crippen molar-refractivity contribution in [3.05, 3.63) is 69.8 Å². The number of nitro groups is 1. The number of fused-ring (bicyclic) bond motifs is 1. The van der Waals surface area contributed by atoms with E-state index in [-0.39, 0.29) is 11.2 Å². The van der Waals surface area contributed by atoms with Crippen LogP contribution in [0.1, 0.15) is 25.0 Å².